The summed E-state index contributed by atoms with van der Waals surface area (Å²) in [6, 6.07) is 9.28. The summed E-state index contributed by atoms with van der Waals surface area (Å²) in [7, 11) is 0. The first kappa shape index (κ1) is 17.7. The minimum Gasteiger partial charge on any atom is -0.376 e. The Morgan fingerprint density at radius 1 is 1.15 bits per heavy atom. The van der Waals surface area contributed by atoms with Gasteiger partial charge in [-0.05, 0) is 44.2 Å². The summed E-state index contributed by atoms with van der Waals surface area (Å²) in [6.45, 7) is 1.94. The molecule has 7 heteroatoms. The average molecular weight is 368 g/mol. The molecule has 0 radical (unpaired) electrons. The molecule has 1 atom stereocenters. The Kier molecular flexibility index (Phi) is 5.20. The van der Waals surface area contributed by atoms with Gasteiger partial charge in [-0.3, -0.25) is 9.59 Å². The Labute approximate surface area is 158 Å². The van der Waals surface area contributed by atoms with Crippen LogP contribution in [0.2, 0.25) is 0 Å². The van der Waals surface area contributed by atoms with Gasteiger partial charge in [-0.2, -0.15) is 0 Å². The molecular formula is C20H24N4O3. The number of anilines is 1. The fourth-order valence-corrected chi connectivity index (χ4v) is 3.70. The Bertz CT molecular complexity index is 825. The number of para-hydroxylation sites is 1. The lowest BCUT2D eigenvalue weighted by Gasteiger charge is -2.17. The van der Waals surface area contributed by atoms with E-state index in [1.54, 1.807) is 0 Å². The van der Waals surface area contributed by atoms with Gasteiger partial charge in [0.2, 0.25) is 0 Å². The second-order valence-corrected chi connectivity index (χ2v) is 7.00. The molecule has 4 rings (SSSR count). The molecule has 3 heterocycles. The number of rotatable bonds is 5. The van der Waals surface area contributed by atoms with Gasteiger partial charge in [-0.1, -0.05) is 18.2 Å². The average Bonchev–Trinajstić information content (AvgIpc) is 3.35. The second kappa shape index (κ2) is 7.92. The van der Waals surface area contributed by atoms with E-state index in [9.17, 15) is 9.59 Å². The molecule has 1 aromatic heterocycles. The van der Waals surface area contributed by atoms with Crippen molar-refractivity contribution in [3.05, 3.63) is 47.5 Å². The van der Waals surface area contributed by atoms with Gasteiger partial charge in [-0.25, -0.2) is 4.98 Å². The molecule has 1 aromatic carbocycles. The molecule has 2 amide bonds. The van der Waals surface area contributed by atoms with Crippen molar-refractivity contribution in [2.75, 3.05) is 18.5 Å². The predicted molar refractivity (Wildman–Crippen MR) is 101 cm³/mol. The number of nitrogens with zero attached hydrogens (tertiary/aromatic N) is 2. The van der Waals surface area contributed by atoms with E-state index >= 15 is 0 Å². The molecule has 142 valence electrons. The van der Waals surface area contributed by atoms with Gasteiger partial charge in [0.1, 0.15) is 0 Å². The summed E-state index contributed by atoms with van der Waals surface area (Å²) in [4.78, 5) is 29.9. The lowest BCUT2D eigenvalue weighted by molar-refractivity contribution is 0.0845. The summed E-state index contributed by atoms with van der Waals surface area (Å²) in [5, 5.41) is 5.78. The lowest BCUT2D eigenvalue weighted by Crippen LogP contribution is -2.34. The Balaban J connectivity index is 1.53. The molecule has 1 saturated heterocycles. The van der Waals surface area contributed by atoms with Gasteiger partial charge >= 0.3 is 0 Å². The standard InChI is InChI=1S/C20H24N4O3/c25-19(22-14-7-2-1-3-8-14)17-16-10-4-5-11-24(16)18(23-17)20(26)21-13-15-9-6-12-27-15/h1-3,7-8,15H,4-6,9-13H2,(H,21,26)(H,22,25). The highest BCUT2D eigenvalue weighted by Crippen LogP contribution is 2.22. The van der Waals surface area contributed by atoms with Crippen molar-refractivity contribution in [2.45, 2.75) is 44.8 Å². The number of nitrogens with one attached hydrogen (secondary N) is 2. The topological polar surface area (TPSA) is 85.2 Å². The van der Waals surface area contributed by atoms with E-state index in [1.807, 2.05) is 34.9 Å². The molecule has 0 saturated carbocycles. The fourth-order valence-electron chi connectivity index (χ4n) is 3.70. The van der Waals surface area contributed by atoms with Gasteiger partial charge in [0.05, 0.1) is 11.8 Å². The van der Waals surface area contributed by atoms with Crippen molar-refractivity contribution in [3.8, 4) is 0 Å². The van der Waals surface area contributed by atoms with Crippen LogP contribution in [0.1, 0.15) is 52.5 Å². The summed E-state index contributed by atoms with van der Waals surface area (Å²) >= 11 is 0. The smallest absolute Gasteiger partial charge is 0.287 e. The van der Waals surface area contributed by atoms with E-state index < -0.39 is 0 Å². The SMILES string of the molecule is O=C(Nc1ccccc1)c1nc(C(=O)NCC2CCCO2)n2c1CCCC2. The third-order valence-electron chi connectivity index (χ3n) is 5.08. The third-order valence-corrected chi connectivity index (χ3v) is 5.08. The van der Waals surface area contributed by atoms with Crippen molar-refractivity contribution in [1.82, 2.24) is 14.9 Å². The molecule has 0 bridgehead atoms. The molecule has 2 N–H and O–H groups in total. The summed E-state index contributed by atoms with van der Waals surface area (Å²) in [6.07, 6.45) is 4.80. The predicted octanol–water partition coefficient (Wildman–Crippen LogP) is 2.38. The molecular weight excluding hydrogens is 344 g/mol. The van der Waals surface area contributed by atoms with Crippen LogP contribution in [0.5, 0.6) is 0 Å². The summed E-state index contributed by atoms with van der Waals surface area (Å²) in [5.74, 6) is -0.196. The van der Waals surface area contributed by atoms with Crippen molar-refractivity contribution >= 4 is 17.5 Å². The minimum absolute atomic E-state index is 0.0746. The number of aromatic nitrogens is 2. The summed E-state index contributed by atoms with van der Waals surface area (Å²) < 4.78 is 7.45. The molecule has 27 heavy (non-hydrogen) atoms. The monoisotopic (exact) mass is 368 g/mol. The molecule has 2 aromatic rings. The molecule has 0 aliphatic carbocycles. The minimum atomic E-state index is -0.273. The Morgan fingerprint density at radius 3 is 2.78 bits per heavy atom. The highest BCUT2D eigenvalue weighted by molar-refractivity contribution is 6.05. The van der Waals surface area contributed by atoms with Crippen molar-refractivity contribution in [1.29, 1.82) is 0 Å². The third kappa shape index (κ3) is 3.88. The lowest BCUT2D eigenvalue weighted by atomic mass is 10.1. The number of hydrogen-bond donors (Lipinski definition) is 2. The fraction of sp³-hybridized carbons (Fsp3) is 0.450. The van der Waals surface area contributed by atoms with E-state index in [0.717, 1.165) is 44.4 Å². The van der Waals surface area contributed by atoms with Gasteiger partial charge in [0.25, 0.3) is 11.8 Å². The van der Waals surface area contributed by atoms with Crippen LogP contribution in [0.4, 0.5) is 5.69 Å². The largest absolute Gasteiger partial charge is 0.376 e. The van der Waals surface area contributed by atoms with Crippen LogP contribution in [0, 0.1) is 0 Å². The van der Waals surface area contributed by atoms with Crippen molar-refractivity contribution < 1.29 is 14.3 Å². The van der Waals surface area contributed by atoms with Crippen LogP contribution in [0.3, 0.4) is 0 Å². The zero-order valence-corrected chi connectivity index (χ0v) is 15.2. The quantitative estimate of drug-likeness (QED) is 0.849. The molecule has 2 aliphatic heterocycles. The molecule has 1 fully saturated rings. The second-order valence-electron chi connectivity index (χ2n) is 7.00. The maximum atomic E-state index is 12.8. The first-order chi connectivity index (χ1) is 13.2. The van der Waals surface area contributed by atoms with E-state index in [2.05, 4.69) is 15.6 Å². The normalized spacial score (nSPS) is 18.7. The maximum absolute atomic E-state index is 12.8. The van der Waals surface area contributed by atoms with E-state index in [1.165, 1.54) is 0 Å². The van der Waals surface area contributed by atoms with Crippen LogP contribution in [0.25, 0.3) is 0 Å². The van der Waals surface area contributed by atoms with Gasteiger partial charge in [-0.15, -0.1) is 0 Å². The molecule has 1 unspecified atom stereocenters. The van der Waals surface area contributed by atoms with Crippen LogP contribution < -0.4 is 10.6 Å². The maximum Gasteiger partial charge on any atom is 0.287 e. The Morgan fingerprint density at radius 2 is 2.00 bits per heavy atom. The summed E-state index contributed by atoms with van der Waals surface area (Å²) in [5.41, 5.74) is 1.90. The van der Waals surface area contributed by atoms with Crippen LogP contribution in [0.15, 0.2) is 30.3 Å². The van der Waals surface area contributed by atoms with E-state index in [4.69, 9.17) is 4.74 Å². The molecule has 2 aliphatic rings. The highest BCUT2D eigenvalue weighted by atomic mass is 16.5. The van der Waals surface area contributed by atoms with Gasteiger partial charge < -0.3 is 19.9 Å². The van der Waals surface area contributed by atoms with Crippen LogP contribution >= 0.6 is 0 Å². The number of benzene rings is 1. The first-order valence-corrected chi connectivity index (χ1v) is 9.58. The molecule has 0 spiro atoms. The van der Waals surface area contributed by atoms with E-state index in [0.29, 0.717) is 30.3 Å². The number of fused-ring (bicyclic) bond motifs is 1. The number of imidazole rings is 1. The molecule has 7 nitrogen and oxygen atoms in total. The number of carbonyl (C=O) groups excluding carboxylic acids is 2. The number of ether oxygens (including phenoxy) is 1. The van der Waals surface area contributed by atoms with Crippen molar-refractivity contribution in [2.24, 2.45) is 0 Å². The zero-order chi connectivity index (χ0) is 18.6. The van der Waals surface area contributed by atoms with E-state index in [-0.39, 0.29) is 17.9 Å². The number of hydrogen-bond acceptors (Lipinski definition) is 4. The van der Waals surface area contributed by atoms with Crippen molar-refractivity contribution in [3.63, 3.8) is 0 Å². The first-order valence-electron chi connectivity index (χ1n) is 9.58. The Hall–Kier alpha value is -2.67. The van der Waals surface area contributed by atoms with Crippen LogP contribution in [-0.2, 0) is 17.7 Å². The van der Waals surface area contributed by atoms with Crippen LogP contribution in [-0.4, -0.2) is 40.6 Å². The van der Waals surface area contributed by atoms with Gasteiger partial charge in [0.15, 0.2) is 11.5 Å². The number of amides is 2. The number of carbonyl (C=O) groups is 2. The highest BCUT2D eigenvalue weighted by Gasteiger charge is 2.28. The van der Waals surface area contributed by atoms with Gasteiger partial charge in [0, 0.05) is 25.4 Å². The zero-order valence-electron chi connectivity index (χ0n) is 15.2.